The van der Waals surface area contributed by atoms with Crippen molar-refractivity contribution in [3.05, 3.63) is 71.4 Å². The first-order valence-corrected chi connectivity index (χ1v) is 8.66. The predicted octanol–water partition coefficient (Wildman–Crippen LogP) is 2.66. The lowest BCUT2D eigenvalue weighted by Gasteiger charge is -2.31. The van der Waals surface area contributed by atoms with E-state index in [-0.39, 0.29) is 24.6 Å². The molecule has 0 radical (unpaired) electrons. The molecule has 7 heteroatoms. The van der Waals surface area contributed by atoms with Gasteiger partial charge in [0, 0.05) is 11.8 Å². The Hall–Kier alpha value is -3.32. The Morgan fingerprint density at radius 1 is 1.00 bits per heavy atom. The molecule has 1 aliphatic heterocycles. The maximum absolute atomic E-state index is 12.4. The maximum atomic E-state index is 12.4. The van der Waals surface area contributed by atoms with Crippen LogP contribution in [0.15, 0.2) is 65.9 Å². The normalized spacial score (nSPS) is 13.9. The van der Waals surface area contributed by atoms with E-state index in [1.807, 2.05) is 36.4 Å². The highest BCUT2D eigenvalue weighted by Gasteiger charge is 2.32. The molecule has 7 nitrogen and oxygen atoms in total. The van der Waals surface area contributed by atoms with Gasteiger partial charge in [0.25, 0.3) is 0 Å². The lowest BCUT2D eigenvalue weighted by molar-refractivity contribution is -0.140. The van der Waals surface area contributed by atoms with Gasteiger partial charge in [-0.05, 0) is 17.7 Å². The highest BCUT2D eigenvalue weighted by Crippen LogP contribution is 2.29. The van der Waals surface area contributed by atoms with Crippen LogP contribution in [0.2, 0.25) is 0 Å². The second-order valence-corrected chi connectivity index (χ2v) is 5.99. The number of benzene rings is 2. The van der Waals surface area contributed by atoms with Gasteiger partial charge in [-0.15, -0.1) is 0 Å². The number of carbonyl (C=O) groups excluding carboxylic acids is 2. The smallest absolute Gasteiger partial charge is 0.355 e. The summed E-state index contributed by atoms with van der Waals surface area (Å²) in [5, 5.41) is 0. The summed E-state index contributed by atoms with van der Waals surface area (Å²) in [5.41, 5.74) is 1.88. The van der Waals surface area contributed by atoms with Gasteiger partial charge in [0.15, 0.2) is 0 Å². The number of hydrogen-bond donors (Lipinski definition) is 0. The minimum atomic E-state index is -0.640. The zero-order valence-corrected chi connectivity index (χ0v) is 15.7. The van der Waals surface area contributed by atoms with Crippen LogP contribution in [0.3, 0.4) is 0 Å². The minimum Gasteiger partial charge on any atom is -0.489 e. The molecule has 0 bridgehead atoms. The second-order valence-electron chi connectivity index (χ2n) is 5.99. The summed E-state index contributed by atoms with van der Waals surface area (Å²) in [4.78, 5) is 26.0. The van der Waals surface area contributed by atoms with Crippen molar-refractivity contribution in [1.82, 2.24) is 0 Å². The molecule has 0 fully saturated rings. The number of hydrogen-bond acceptors (Lipinski definition) is 7. The number of nitrogens with zero attached hydrogens (tertiary/aromatic N) is 1. The van der Waals surface area contributed by atoms with E-state index in [1.54, 1.807) is 23.1 Å². The van der Waals surface area contributed by atoms with E-state index in [1.165, 1.54) is 14.2 Å². The van der Waals surface area contributed by atoms with Crippen LogP contribution < -0.4 is 9.64 Å². The van der Waals surface area contributed by atoms with Crippen molar-refractivity contribution in [3.63, 3.8) is 0 Å². The van der Waals surface area contributed by atoms with Crippen LogP contribution in [0, 0.1) is 0 Å². The average Bonchev–Trinajstić information content (AvgIpc) is 2.77. The first kappa shape index (κ1) is 19.4. The Morgan fingerprint density at radius 3 is 2.46 bits per heavy atom. The van der Waals surface area contributed by atoms with Crippen molar-refractivity contribution < 1.29 is 28.5 Å². The lowest BCUT2D eigenvalue weighted by Crippen LogP contribution is -2.38. The first-order valence-electron chi connectivity index (χ1n) is 8.66. The van der Waals surface area contributed by atoms with E-state index in [2.05, 4.69) is 0 Å². The SMILES string of the molecule is COC(=O)C1=C(C(=O)OC)N(c2cccc(OCc3ccccc3)c2)COC1. The maximum Gasteiger partial charge on any atom is 0.355 e. The minimum absolute atomic E-state index is 0.0300. The molecule has 2 aromatic carbocycles. The van der Waals surface area contributed by atoms with Crippen LogP contribution in [0.1, 0.15) is 5.56 Å². The van der Waals surface area contributed by atoms with Crippen LogP contribution in [-0.4, -0.2) is 39.5 Å². The summed E-state index contributed by atoms with van der Waals surface area (Å²) in [6.07, 6.45) is 0. The van der Waals surface area contributed by atoms with Gasteiger partial charge >= 0.3 is 11.9 Å². The second kappa shape index (κ2) is 9.05. The Labute approximate surface area is 163 Å². The standard InChI is InChI=1S/C21H21NO6/c1-25-20(23)18-13-27-14-22(19(18)21(24)26-2)16-9-6-10-17(11-16)28-12-15-7-4-3-5-8-15/h3-11H,12-14H2,1-2H3. The quantitative estimate of drug-likeness (QED) is 0.710. The lowest BCUT2D eigenvalue weighted by atomic mass is 10.1. The molecular weight excluding hydrogens is 362 g/mol. The third-order valence-corrected chi connectivity index (χ3v) is 4.21. The van der Waals surface area contributed by atoms with Gasteiger partial charge in [0.2, 0.25) is 0 Å². The van der Waals surface area contributed by atoms with Gasteiger partial charge in [0.05, 0.1) is 26.4 Å². The van der Waals surface area contributed by atoms with Gasteiger partial charge in [-0.2, -0.15) is 0 Å². The van der Waals surface area contributed by atoms with Crippen molar-refractivity contribution in [1.29, 1.82) is 0 Å². The molecule has 0 atom stereocenters. The van der Waals surface area contributed by atoms with Crippen LogP contribution >= 0.6 is 0 Å². The fourth-order valence-electron chi connectivity index (χ4n) is 2.83. The molecule has 1 heterocycles. The van der Waals surface area contributed by atoms with E-state index in [0.717, 1.165) is 5.56 Å². The van der Waals surface area contributed by atoms with Crippen molar-refractivity contribution in [2.24, 2.45) is 0 Å². The summed E-state index contributed by atoms with van der Waals surface area (Å²) in [5.74, 6) is -0.656. The number of anilines is 1. The van der Waals surface area contributed by atoms with Crippen LogP contribution in [-0.2, 0) is 30.4 Å². The molecule has 0 unspecified atom stereocenters. The molecule has 1 aliphatic rings. The average molecular weight is 383 g/mol. The summed E-state index contributed by atoms with van der Waals surface area (Å²) >= 11 is 0. The van der Waals surface area contributed by atoms with Crippen LogP contribution in [0.25, 0.3) is 0 Å². The van der Waals surface area contributed by atoms with E-state index in [9.17, 15) is 9.59 Å². The summed E-state index contributed by atoms with van der Waals surface area (Å²) in [6, 6.07) is 17.0. The van der Waals surface area contributed by atoms with Gasteiger partial charge in [-0.3, -0.25) is 0 Å². The zero-order chi connectivity index (χ0) is 19.9. The fraction of sp³-hybridized carbons (Fsp3) is 0.238. The van der Waals surface area contributed by atoms with Crippen molar-refractivity contribution in [3.8, 4) is 5.75 Å². The molecule has 2 aromatic rings. The van der Waals surface area contributed by atoms with Crippen molar-refractivity contribution >= 4 is 17.6 Å². The number of rotatable bonds is 6. The number of ether oxygens (including phenoxy) is 4. The molecule has 0 aromatic heterocycles. The van der Waals surface area contributed by atoms with Crippen LogP contribution in [0.4, 0.5) is 5.69 Å². The molecule has 0 saturated heterocycles. The Kier molecular flexibility index (Phi) is 6.29. The fourth-order valence-corrected chi connectivity index (χ4v) is 2.83. The van der Waals surface area contributed by atoms with Crippen molar-refractivity contribution in [2.75, 3.05) is 32.5 Å². The molecule has 0 saturated carbocycles. The number of carbonyl (C=O) groups is 2. The molecule has 0 amide bonds. The number of methoxy groups -OCH3 is 2. The third-order valence-electron chi connectivity index (χ3n) is 4.21. The van der Waals surface area contributed by atoms with Gasteiger partial charge < -0.3 is 23.8 Å². The summed E-state index contributed by atoms with van der Waals surface area (Å²) in [7, 11) is 2.51. The van der Waals surface area contributed by atoms with E-state index >= 15 is 0 Å². The molecule has 146 valence electrons. The monoisotopic (exact) mass is 383 g/mol. The van der Waals surface area contributed by atoms with Gasteiger partial charge in [-0.25, -0.2) is 9.59 Å². The molecule has 0 spiro atoms. The topological polar surface area (TPSA) is 74.3 Å². The van der Waals surface area contributed by atoms with Crippen molar-refractivity contribution in [2.45, 2.75) is 6.61 Å². The number of esters is 2. The summed E-state index contributed by atoms with van der Waals surface area (Å²) in [6.45, 7) is 0.471. The highest BCUT2D eigenvalue weighted by atomic mass is 16.5. The molecule has 0 aliphatic carbocycles. The molecule has 28 heavy (non-hydrogen) atoms. The Bertz CT molecular complexity index is 877. The third kappa shape index (κ3) is 4.32. The molecular formula is C21H21NO6. The predicted molar refractivity (Wildman–Crippen MR) is 102 cm³/mol. The first-order chi connectivity index (χ1) is 13.6. The van der Waals surface area contributed by atoms with E-state index in [0.29, 0.717) is 18.0 Å². The molecule has 3 rings (SSSR count). The Balaban J connectivity index is 1.88. The summed E-state index contributed by atoms with van der Waals surface area (Å²) < 4.78 is 21.0. The van der Waals surface area contributed by atoms with E-state index < -0.39 is 11.9 Å². The van der Waals surface area contributed by atoms with Gasteiger partial charge in [-0.1, -0.05) is 36.4 Å². The van der Waals surface area contributed by atoms with Gasteiger partial charge in [0.1, 0.15) is 24.8 Å². The molecule has 0 N–H and O–H groups in total. The van der Waals surface area contributed by atoms with E-state index in [4.69, 9.17) is 18.9 Å². The zero-order valence-electron chi connectivity index (χ0n) is 15.7. The Morgan fingerprint density at radius 2 is 1.75 bits per heavy atom. The van der Waals surface area contributed by atoms with Crippen LogP contribution in [0.5, 0.6) is 5.75 Å². The highest BCUT2D eigenvalue weighted by molar-refractivity contribution is 6.03. The largest absolute Gasteiger partial charge is 0.489 e.